The number of hydrogen-bond acceptors (Lipinski definition) is 6. The Bertz CT molecular complexity index is 841. The van der Waals surface area contributed by atoms with E-state index in [4.69, 9.17) is 14.6 Å². The summed E-state index contributed by atoms with van der Waals surface area (Å²) in [4.78, 5) is 28.0. The summed E-state index contributed by atoms with van der Waals surface area (Å²) in [6, 6.07) is 7.65. The van der Waals surface area contributed by atoms with E-state index in [9.17, 15) is 18.0 Å². The molecule has 4 heterocycles. The molecule has 1 N–H and O–H groups in total. The minimum atomic E-state index is -5.08. The van der Waals surface area contributed by atoms with Crippen molar-refractivity contribution in [2.75, 3.05) is 18.8 Å². The molecule has 156 valence electrons. The van der Waals surface area contributed by atoms with Gasteiger partial charge in [0.2, 0.25) is 0 Å². The summed E-state index contributed by atoms with van der Waals surface area (Å²) < 4.78 is 37.9. The number of carboxylic acid groups (broad SMARTS) is 1. The first kappa shape index (κ1) is 21.4. The summed E-state index contributed by atoms with van der Waals surface area (Å²) >= 11 is 3.45. The highest BCUT2D eigenvalue weighted by atomic mass is 32.2. The van der Waals surface area contributed by atoms with Crippen molar-refractivity contribution in [3.05, 3.63) is 46.9 Å². The van der Waals surface area contributed by atoms with Crippen LogP contribution in [0.3, 0.4) is 0 Å². The van der Waals surface area contributed by atoms with E-state index in [1.165, 1.54) is 11.3 Å². The number of aromatic nitrogens is 1. The molecule has 0 aromatic carbocycles. The lowest BCUT2D eigenvalue weighted by molar-refractivity contribution is -0.192. The first-order valence-electron chi connectivity index (χ1n) is 8.52. The second-order valence-electron chi connectivity index (χ2n) is 6.57. The fraction of sp³-hybridized carbons (Fsp3) is 0.389. The fourth-order valence-corrected chi connectivity index (χ4v) is 5.27. The zero-order valence-corrected chi connectivity index (χ0v) is 16.6. The van der Waals surface area contributed by atoms with Gasteiger partial charge in [0.25, 0.3) is 5.91 Å². The van der Waals surface area contributed by atoms with Gasteiger partial charge in [-0.2, -0.15) is 13.2 Å². The molecule has 4 rings (SSSR count). The van der Waals surface area contributed by atoms with E-state index in [2.05, 4.69) is 4.98 Å². The van der Waals surface area contributed by atoms with E-state index in [1.807, 2.05) is 46.3 Å². The number of hydrogen-bond donors (Lipinski definition) is 1. The molecule has 2 aromatic heterocycles. The van der Waals surface area contributed by atoms with Crippen LogP contribution in [0.5, 0.6) is 5.75 Å². The molecular weight excluding hydrogens is 429 g/mol. The van der Waals surface area contributed by atoms with Gasteiger partial charge >= 0.3 is 12.1 Å². The number of pyridine rings is 1. The molecule has 29 heavy (non-hydrogen) atoms. The predicted molar refractivity (Wildman–Crippen MR) is 102 cm³/mol. The standard InChI is InChI=1S/C16H16N2O2S2.C2HF3O2/c19-15(14-4-2-6-21-14)18-10-16(11-18)7-13(9-22-16)20-12-3-1-5-17-8-12;3-2(4,5)1(6)7/h1-6,8,13H,7,9-11H2;(H,6,7). The van der Waals surface area contributed by atoms with Crippen LogP contribution in [0, 0.1) is 0 Å². The van der Waals surface area contributed by atoms with Crippen LogP contribution in [-0.4, -0.2) is 62.7 Å². The lowest BCUT2D eigenvalue weighted by Gasteiger charge is -2.47. The summed E-state index contributed by atoms with van der Waals surface area (Å²) in [7, 11) is 0. The molecule has 1 unspecified atom stereocenters. The number of aliphatic carboxylic acids is 1. The third kappa shape index (κ3) is 5.41. The average Bonchev–Trinajstić information content (AvgIpc) is 3.31. The smallest absolute Gasteiger partial charge is 0.488 e. The first-order chi connectivity index (χ1) is 13.7. The number of ether oxygens (including phenoxy) is 1. The minimum absolute atomic E-state index is 0.165. The molecule has 0 radical (unpaired) electrons. The van der Waals surface area contributed by atoms with Crippen molar-refractivity contribution in [2.24, 2.45) is 0 Å². The first-order valence-corrected chi connectivity index (χ1v) is 10.4. The van der Waals surface area contributed by atoms with Crippen LogP contribution in [0.4, 0.5) is 13.2 Å². The third-order valence-corrected chi connectivity index (χ3v) is 6.77. The molecule has 2 aliphatic rings. The Morgan fingerprint density at radius 2 is 2.00 bits per heavy atom. The summed E-state index contributed by atoms with van der Waals surface area (Å²) in [5, 5.41) is 9.07. The summed E-state index contributed by atoms with van der Waals surface area (Å²) in [6.45, 7) is 1.67. The number of thioether (sulfide) groups is 1. The van der Waals surface area contributed by atoms with E-state index in [0.717, 1.165) is 35.9 Å². The zero-order chi connectivity index (χ0) is 21.1. The molecule has 0 bridgehead atoms. The number of carbonyl (C=O) groups is 2. The predicted octanol–water partition coefficient (Wildman–Crippen LogP) is 3.56. The van der Waals surface area contributed by atoms with E-state index >= 15 is 0 Å². The molecule has 6 nitrogen and oxygen atoms in total. The van der Waals surface area contributed by atoms with Gasteiger partial charge in [0, 0.05) is 31.5 Å². The highest BCUT2D eigenvalue weighted by molar-refractivity contribution is 8.01. The summed E-state index contributed by atoms with van der Waals surface area (Å²) in [6.07, 6.45) is -0.366. The second-order valence-corrected chi connectivity index (χ2v) is 9.00. The molecule has 2 fully saturated rings. The van der Waals surface area contributed by atoms with Gasteiger partial charge in [-0.05, 0) is 23.6 Å². The number of alkyl halides is 3. The van der Waals surface area contributed by atoms with Crippen molar-refractivity contribution in [2.45, 2.75) is 23.4 Å². The lowest BCUT2D eigenvalue weighted by atomic mass is 9.92. The molecule has 2 saturated heterocycles. The number of nitrogens with zero attached hydrogens (tertiary/aromatic N) is 2. The Balaban J connectivity index is 0.000000298. The SMILES string of the molecule is O=C(O)C(F)(F)F.O=C(c1cccs1)N1CC2(CC(Oc3cccnc3)CS2)C1. The fourth-order valence-electron chi connectivity index (χ4n) is 3.06. The minimum Gasteiger partial charge on any atom is -0.488 e. The van der Waals surface area contributed by atoms with E-state index in [1.54, 1.807) is 12.4 Å². The van der Waals surface area contributed by atoms with Crippen molar-refractivity contribution in [3.8, 4) is 5.75 Å². The van der Waals surface area contributed by atoms with Crippen molar-refractivity contribution in [1.29, 1.82) is 0 Å². The van der Waals surface area contributed by atoms with Crippen LogP contribution in [0.25, 0.3) is 0 Å². The van der Waals surface area contributed by atoms with Crippen LogP contribution in [0.15, 0.2) is 42.0 Å². The van der Waals surface area contributed by atoms with Gasteiger partial charge in [-0.3, -0.25) is 9.78 Å². The number of carboxylic acids is 1. The highest BCUT2D eigenvalue weighted by Gasteiger charge is 2.51. The quantitative estimate of drug-likeness (QED) is 0.777. The Morgan fingerprint density at radius 3 is 2.55 bits per heavy atom. The molecule has 1 amide bonds. The third-order valence-electron chi connectivity index (χ3n) is 4.33. The Labute approximate surface area is 172 Å². The van der Waals surface area contributed by atoms with E-state index in [-0.39, 0.29) is 16.8 Å². The van der Waals surface area contributed by atoms with Gasteiger partial charge in [-0.15, -0.1) is 23.1 Å². The van der Waals surface area contributed by atoms with Gasteiger partial charge in [0.05, 0.1) is 15.8 Å². The van der Waals surface area contributed by atoms with E-state index < -0.39 is 12.1 Å². The number of likely N-dealkylation sites (tertiary alicyclic amines) is 1. The van der Waals surface area contributed by atoms with Gasteiger partial charge in [-0.25, -0.2) is 4.79 Å². The highest BCUT2D eigenvalue weighted by Crippen LogP contribution is 2.46. The van der Waals surface area contributed by atoms with Crippen LogP contribution in [-0.2, 0) is 4.79 Å². The second kappa shape index (κ2) is 8.62. The number of carbonyl (C=O) groups excluding carboxylic acids is 1. The van der Waals surface area contributed by atoms with Gasteiger partial charge < -0.3 is 14.7 Å². The molecule has 11 heteroatoms. The molecular formula is C18H17F3N2O4S2. The molecule has 2 aliphatic heterocycles. The maximum absolute atomic E-state index is 12.3. The van der Waals surface area contributed by atoms with Crippen molar-refractivity contribution in [1.82, 2.24) is 9.88 Å². The average molecular weight is 446 g/mol. The van der Waals surface area contributed by atoms with Gasteiger partial charge in [0.15, 0.2) is 0 Å². The topological polar surface area (TPSA) is 79.7 Å². The van der Waals surface area contributed by atoms with Crippen molar-refractivity contribution < 1.29 is 32.6 Å². The van der Waals surface area contributed by atoms with Gasteiger partial charge in [-0.1, -0.05) is 6.07 Å². The maximum Gasteiger partial charge on any atom is 0.490 e. The molecule has 0 aliphatic carbocycles. The van der Waals surface area contributed by atoms with Gasteiger partial charge in [0.1, 0.15) is 11.9 Å². The Hall–Kier alpha value is -2.27. The number of rotatable bonds is 3. The number of amides is 1. The van der Waals surface area contributed by atoms with Crippen LogP contribution < -0.4 is 4.74 Å². The largest absolute Gasteiger partial charge is 0.490 e. The lowest BCUT2D eigenvalue weighted by Crippen LogP contribution is -2.60. The van der Waals surface area contributed by atoms with E-state index in [0.29, 0.717) is 0 Å². The molecule has 0 saturated carbocycles. The monoisotopic (exact) mass is 446 g/mol. The normalized spacial score (nSPS) is 19.8. The molecule has 2 aromatic rings. The summed E-state index contributed by atoms with van der Waals surface area (Å²) in [5.41, 5.74) is 0. The van der Waals surface area contributed by atoms with Crippen molar-refractivity contribution >= 4 is 35.0 Å². The van der Waals surface area contributed by atoms with Crippen LogP contribution in [0.1, 0.15) is 16.1 Å². The van der Waals surface area contributed by atoms with Crippen molar-refractivity contribution in [3.63, 3.8) is 0 Å². The molecule has 1 atom stereocenters. The Morgan fingerprint density at radius 1 is 1.28 bits per heavy atom. The number of halogens is 3. The van der Waals surface area contributed by atoms with Crippen LogP contribution >= 0.6 is 23.1 Å². The summed E-state index contributed by atoms with van der Waals surface area (Å²) in [5.74, 6) is -0.781. The number of thiophene rings is 1. The molecule has 1 spiro atoms. The zero-order valence-electron chi connectivity index (χ0n) is 15.0. The van der Waals surface area contributed by atoms with Crippen LogP contribution in [0.2, 0.25) is 0 Å². The maximum atomic E-state index is 12.3. The Kier molecular flexibility index (Phi) is 6.37.